The molecule has 1 aliphatic rings. The van der Waals surface area contributed by atoms with Gasteiger partial charge in [-0.05, 0) is 62.6 Å². The number of anilines is 2. The van der Waals surface area contributed by atoms with E-state index in [9.17, 15) is 4.79 Å². The van der Waals surface area contributed by atoms with Crippen molar-refractivity contribution in [3.63, 3.8) is 0 Å². The number of amides is 1. The van der Waals surface area contributed by atoms with E-state index in [0.717, 1.165) is 58.7 Å². The number of nitrogens with one attached hydrogen (secondary N) is 1. The van der Waals surface area contributed by atoms with Gasteiger partial charge in [-0.1, -0.05) is 45.8 Å². The summed E-state index contributed by atoms with van der Waals surface area (Å²) >= 11 is 3.49. The Hall–Kier alpha value is -2.73. The predicted octanol–water partition coefficient (Wildman–Crippen LogP) is 5.38. The van der Waals surface area contributed by atoms with Crippen molar-refractivity contribution >= 4 is 33.3 Å². The molecule has 0 radical (unpaired) electrons. The molecule has 0 bridgehead atoms. The Morgan fingerprint density at radius 1 is 1.00 bits per heavy atom. The quantitative estimate of drug-likeness (QED) is 0.562. The summed E-state index contributed by atoms with van der Waals surface area (Å²) in [6.45, 7) is 5.69. The first kappa shape index (κ1) is 20.5. The smallest absolute Gasteiger partial charge is 0.227 e. The predicted molar refractivity (Wildman–Crippen MR) is 125 cm³/mol. The van der Waals surface area contributed by atoms with E-state index in [4.69, 9.17) is 0 Å². The van der Waals surface area contributed by atoms with Crippen molar-refractivity contribution in [2.75, 3.05) is 23.3 Å². The zero-order chi connectivity index (χ0) is 21.1. The minimum absolute atomic E-state index is 0.0185. The fraction of sp³-hybridized carbons (Fsp3) is 0.292. The van der Waals surface area contributed by atoms with Gasteiger partial charge >= 0.3 is 0 Å². The van der Waals surface area contributed by atoms with Crippen LogP contribution in [-0.2, 0) is 4.79 Å². The van der Waals surface area contributed by atoms with Crippen LogP contribution in [0, 0.1) is 19.8 Å². The van der Waals surface area contributed by atoms with Gasteiger partial charge in [0.2, 0.25) is 5.91 Å². The number of hydrogen-bond donors (Lipinski definition) is 1. The SMILES string of the molecule is Cc1ccc(-c2ccc(N3CCC(C(=O)Nc4ccc(Br)c(C)c4)CC3)nn2)cc1. The first-order chi connectivity index (χ1) is 14.5. The monoisotopic (exact) mass is 464 g/mol. The largest absolute Gasteiger partial charge is 0.355 e. The van der Waals surface area contributed by atoms with Crippen LogP contribution >= 0.6 is 15.9 Å². The van der Waals surface area contributed by atoms with Gasteiger partial charge in [0.15, 0.2) is 5.82 Å². The highest BCUT2D eigenvalue weighted by Gasteiger charge is 2.26. The van der Waals surface area contributed by atoms with Gasteiger partial charge in [-0.3, -0.25) is 4.79 Å². The standard InChI is InChI=1S/C24H25BrN4O/c1-16-3-5-18(6-4-16)22-9-10-23(28-27-22)29-13-11-19(12-14-29)24(30)26-20-7-8-21(25)17(2)15-20/h3-10,15,19H,11-14H2,1-2H3,(H,26,30). The van der Waals surface area contributed by atoms with Crippen LogP contribution in [0.15, 0.2) is 59.1 Å². The molecule has 6 heteroatoms. The Morgan fingerprint density at radius 2 is 1.73 bits per heavy atom. The van der Waals surface area contributed by atoms with Crippen molar-refractivity contribution in [2.24, 2.45) is 5.92 Å². The first-order valence-electron chi connectivity index (χ1n) is 10.2. The van der Waals surface area contributed by atoms with E-state index < -0.39 is 0 Å². The van der Waals surface area contributed by atoms with Gasteiger partial charge in [0, 0.05) is 34.7 Å². The van der Waals surface area contributed by atoms with Gasteiger partial charge in [0.05, 0.1) is 5.69 Å². The molecule has 3 aromatic rings. The van der Waals surface area contributed by atoms with Gasteiger partial charge in [0.1, 0.15) is 0 Å². The van der Waals surface area contributed by atoms with Crippen LogP contribution in [0.4, 0.5) is 11.5 Å². The molecule has 2 aromatic carbocycles. The molecule has 0 unspecified atom stereocenters. The minimum atomic E-state index is 0.0185. The summed E-state index contributed by atoms with van der Waals surface area (Å²) in [5.74, 6) is 0.982. The van der Waals surface area contributed by atoms with Crippen molar-refractivity contribution in [1.82, 2.24) is 10.2 Å². The highest BCUT2D eigenvalue weighted by molar-refractivity contribution is 9.10. The van der Waals surface area contributed by atoms with Crippen LogP contribution in [0.2, 0.25) is 0 Å². The van der Waals surface area contributed by atoms with Gasteiger partial charge in [-0.25, -0.2) is 0 Å². The molecule has 1 amide bonds. The lowest BCUT2D eigenvalue weighted by Gasteiger charge is -2.31. The van der Waals surface area contributed by atoms with E-state index >= 15 is 0 Å². The maximum atomic E-state index is 12.7. The second-order valence-corrected chi connectivity index (χ2v) is 8.71. The molecule has 1 aliphatic heterocycles. The highest BCUT2D eigenvalue weighted by Crippen LogP contribution is 2.25. The Morgan fingerprint density at radius 3 is 2.37 bits per heavy atom. The lowest BCUT2D eigenvalue weighted by Crippen LogP contribution is -2.38. The molecular formula is C24H25BrN4O. The number of benzene rings is 2. The van der Waals surface area contributed by atoms with Crippen LogP contribution in [0.5, 0.6) is 0 Å². The van der Waals surface area contributed by atoms with Crippen molar-refractivity contribution in [1.29, 1.82) is 0 Å². The maximum absolute atomic E-state index is 12.7. The van der Waals surface area contributed by atoms with Gasteiger partial charge in [-0.15, -0.1) is 10.2 Å². The van der Waals surface area contributed by atoms with Crippen LogP contribution in [0.1, 0.15) is 24.0 Å². The molecule has 1 N–H and O–H groups in total. The second kappa shape index (κ2) is 8.96. The topological polar surface area (TPSA) is 58.1 Å². The van der Waals surface area contributed by atoms with Crippen molar-refractivity contribution < 1.29 is 4.79 Å². The molecule has 1 saturated heterocycles. The number of hydrogen-bond acceptors (Lipinski definition) is 4. The number of carbonyl (C=O) groups is 1. The van der Waals surface area contributed by atoms with E-state index in [1.807, 2.05) is 37.3 Å². The number of halogens is 1. The second-order valence-electron chi connectivity index (χ2n) is 7.86. The zero-order valence-corrected chi connectivity index (χ0v) is 18.8. The summed E-state index contributed by atoms with van der Waals surface area (Å²) in [6, 6.07) is 18.2. The van der Waals surface area contributed by atoms with Gasteiger partial charge in [0.25, 0.3) is 0 Å². The highest BCUT2D eigenvalue weighted by atomic mass is 79.9. The number of carbonyl (C=O) groups excluding carboxylic acids is 1. The molecule has 0 spiro atoms. The summed E-state index contributed by atoms with van der Waals surface area (Å²) in [6.07, 6.45) is 1.62. The number of nitrogens with zero attached hydrogens (tertiary/aromatic N) is 3. The minimum Gasteiger partial charge on any atom is -0.355 e. The van der Waals surface area contributed by atoms with Gasteiger partial charge < -0.3 is 10.2 Å². The molecule has 5 nitrogen and oxygen atoms in total. The van der Waals surface area contributed by atoms with E-state index in [1.165, 1.54) is 5.56 Å². The van der Waals surface area contributed by atoms with E-state index in [1.54, 1.807) is 0 Å². The summed E-state index contributed by atoms with van der Waals surface area (Å²) in [5.41, 5.74) is 5.12. The average molecular weight is 465 g/mol. The summed E-state index contributed by atoms with van der Waals surface area (Å²) in [5, 5.41) is 11.9. The lowest BCUT2D eigenvalue weighted by atomic mass is 9.95. The van der Waals surface area contributed by atoms with Crippen LogP contribution in [0.3, 0.4) is 0 Å². The van der Waals surface area contributed by atoms with Gasteiger partial charge in [-0.2, -0.15) is 0 Å². The summed E-state index contributed by atoms with van der Waals surface area (Å²) in [4.78, 5) is 14.9. The number of aryl methyl sites for hydroxylation is 2. The van der Waals surface area contributed by atoms with Crippen molar-refractivity contribution in [2.45, 2.75) is 26.7 Å². The lowest BCUT2D eigenvalue weighted by molar-refractivity contribution is -0.120. The Balaban J connectivity index is 1.34. The Bertz CT molecular complexity index is 1030. The molecule has 1 fully saturated rings. The Labute approximate surface area is 185 Å². The molecule has 0 aliphatic carbocycles. The third-order valence-corrected chi connectivity index (χ3v) is 6.50. The molecule has 30 heavy (non-hydrogen) atoms. The van der Waals surface area contributed by atoms with Crippen molar-refractivity contribution in [3.05, 3.63) is 70.2 Å². The maximum Gasteiger partial charge on any atom is 0.227 e. The van der Waals surface area contributed by atoms with Crippen LogP contribution in [-0.4, -0.2) is 29.2 Å². The normalized spacial score (nSPS) is 14.6. The third-order valence-electron chi connectivity index (χ3n) is 5.61. The number of aromatic nitrogens is 2. The van der Waals surface area contributed by atoms with Crippen LogP contribution < -0.4 is 10.2 Å². The van der Waals surface area contributed by atoms with E-state index in [0.29, 0.717) is 0 Å². The molecule has 4 rings (SSSR count). The summed E-state index contributed by atoms with van der Waals surface area (Å²) < 4.78 is 1.04. The molecule has 154 valence electrons. The molecular weight excluding hydrogens is 440 g/mol. The fourth-order valence-corrected chi connectivity index (χ4v) is 3.96. The van der Waals surface area contributed by atoms with Crippen molar-refractivity contribution in [3.8, 4) is 11.3 Å². The fourth-order valence-electron chi connectivity index (χ4n) is 3.71. The molecule has 0 atom stereocenters. The first-order valence-corrected chi connectivity index (χ1v) is 11.0. The Kier molecular flexibility index (Phi) is 6.13. The zero-order valence-electron chi connectivity index (χ0n) is 17.2. The third kappa shape index (κ3) is 4.70. The molecule has 2 heterocycles. The van der Waals surface area contributed by atoms with E-state index in [2.05, 4.69) is 67.5 Å². The molecule has 1 aromatic heterocycles. The number of piperidine rings is 1. The number of rotatable bonds is 4. The summed E-state index contributed by atoms with van der Waals surface area (Å²) in [7, 11) is 0. The van der Waals surface area contributed by atoms with E-state index in [-0.39, 0.29) is 11.8 Å². The van der Waals surface area contributed by atoms with Crippen LogP contribution in [0.25, 0.3) is 11.3 Å². The average Bonchev–Trinajstić information content (AvgIpc) is 2.77. The molecule has 0 saturated carbocycles.